The number of anilines is 1. The highest BCUT2D eigenvalue weighted by atomic mass is 16.4. The highest BCUT2D eigenvalue weighted by Gasteiger charge is 2.25. The van der Waals surface area contributed by atoms with Gasteiger partial charge in [0.05, 0.1) is 6.42 Å². The van der Waals surface area contributed by atoms with Gasteiger partial charge in [-0.05, 0) is 24.5 Å². The van der Waals surface area contributed by atoms with Gasteiger partial charge in [0.2, 0.25) is 0 Å². The molecule has 0 saturated carbocycles. The molecule has 2 N–H and O–H groups in total. The second-order valence-electron chi connectivity index (χ2n) is 6.17. The molecular weight excluding hydrogens is 268 g/mol. The lowest BCUT2D eigenvalue weighted by atomic mass is 9.88. The number of para-hydroxylation sites is 1. The van der Waals surface area contributed by atoms with E-state index in [0.717, 1.165) is 0 Å². The van der Waals surface area contributed by atoms with Crippen LogP contribution in [0.2, 0.25) is 0 Å². The number of aliphatic carboxylic acids is 1. The minimum Gasteiger partial charge on any atom is -0.481 e. The lowest BCUT2D eigenvalue weighted by molar-refractivity contribution is -0.136. The molecule has 0 aliphatic heterocycles. The van der Waals surface area contributed by atoms with Crippen LogP contribution in [-0.2, 0) is 4.79 Å². The Kier molecular flexibility index (Phi) is 5.76. The van der Waals surface area contributed by atoms with Gasteiger partial charge in [-0.3, -0.25) is 9.69 Å². The lowest BCUT2D eigenvalue weighted by Crippen LogP contribution is -2.49. The molecule has 0 aromatic heterocycles. The Balaban J connectivity index is 2.86. The van der Waals surface area contributed by atoms with Gasteiger partial charge in [0.1, 0.15) is 0 Å². The maximum Gasteiger partial charge on any atom is 0.322 e. The molecular formula is C16H24N2O3. The van der Waals surface area contributed by atoms with Gasteiger partial charge in [0.25, 0.3) is 0 Å². The van der Waals surface area contributed by atoms with E-state index in [1.807, 2.05) is 45.9 Å². The number of benzene rings is 1. The van der Waals surface area contributed by atoms with Crippen molar-refractivity contribution in [2.24, 2.45) is 5.41 Å². The van der Waals surface area contributed by atoms with E-state index in [1.54, 1.807) is 12.1 Å². The van der Waals surface area contributed by atoms with Crippen LogP contribution >= 0.6 is 0 Å². The maximum atomic E-state index is 12.4. The van der Waals surface area contributed by atoms with Gasteiger partial charge in [-0.2, -0.15) is 0 Å². The van der Waals surface area contributed by atoms with E-state index in [4.69, 9.17) is 5.11 Å². The zero-order chi connectivity index (χ0) is 16.0. The Morgan fingerprint density at radius 3 is 2.29 bits per heavy atom. The molecule has 2 amide bonds. The van der Waals surface area contributed by atoms with E-state index in [0.29, 0.717) is 5.69 Å². The van der Waals surface area contributed by atoms with Gasteiger partial charge in [-0.25, -0.2) is 4.79 Å². The summed E-state index contributed by atoms with van der Waals surface area (Å²) >= 11 is 0. The van der Waals surface area contributed by atoms with Crippen LogP contribution in [0.25, 0.3) is 0 Å². The summed E-state index contributed by atoms with van der Waals surface area (Å²) in [5.74, 6) is -0.924. The second-order valence-corrected chi connectivity index (χ2v) is 6.17. The first-order chi connectivity index (χ1) is 9.71. The van der Waals surface area contributed by atoms with Gasteiger partial charge in [-0.15, -0.1) is 0 Å². The van der Waals surface area contributed by atoms with Crippen molar-refractivity contribution < 1.29 is 14.7 Å². The smallest absolute Gasteiger partial charge is 0.322 e. The minimum absolute atomic E-state index is 0.0268. The predicted molar refractivity (Wildman–Crippen MR) is 83.5 cm³/mol. The summed E-state index contributed by atoms with van der Waals surface area (Å²) in [6.07, 6.45) is -0.0911. The predicted octanol–water partition coefficient (Wildman–Crippen LogP) is 3.11. The quantitative estimate of drug-likeness (QED) is 0.876. The highest BCUT2D eigenvalue weighted by Crippen LogP contribution is 2.20. The topological polar surface area (TPSA) is 69.6 Å². The minimum atomic E-state index is -0.924. The molecule has 0 aliphatic carbocycles. The Morgan fingerprint density at radius 2 is 1.81 bits per heavy atom. The molecule has 0 saturated heterocycles. The summed E-state index contributed by atoms with van der Waals surface area (Å²) in [6, 6.07) is 8.79. The normalized spacial score (nSPS) is 12.6. The monoisotopic (exact) mass is 292 g/mol. The third-order valence-electron chi connectivity index (χ3n) is 3.50. The number of nitrogens with zero attached hydrogens (tertiary/aromatic N) is 1. The number of hydrogen-bond donors (Lipinski definition) is 2. The number of carboxylic acid groups (broad SMARTS) is 1. The van der Waals surface area contributed by atoms with Crippen LogP contribution in [0.3, 0.4) is 0 Å². The first-order valence-electron chi connectivity index (χ1n) is 7.06. The van der Waals surface area contributed by atoms with Crippen LogP contribution < -0.4 is 10.2 Å². The number of urea groups is 1. The first-order valence-corrected chi connectivity index (χ1v) is 7.06. The van der Waals surface area contributed by atoms with E-state index in [2.05, 4.69) is 5.32 Å². The number of carboxylic acids is 1. The van der Waals surface area contributed by atoms with Crippen molar-refractivity contribution in [3.05, 3.63) is 30.3 Å². The average molecular weight is 292 g/mol. The summed E-state index contributed by atoms with van der Waals surface area (Å²) < 4.78 is 0. The lowest BCUT2D eigenvalue weighted by Gasteiger charge is -2.31. The Labute approximate surface area is 126 Å². The van der Waals surface area contributed by atoms with Crippen molar-refractivity contribution in [2.75, 3.05) is 11.4 Å². The van der Waals surface area contributed by atoms with Gasteiger partial charge >= 0.3 is 12.0 Å². The number of hydrogen-bond acceptors (Lipinski definition) is 2. The van der Waals surface area contributed by atoms with Crippen LogP contribution in [0, 0.1) is 5.41 Å². The van der Waals surface area contributed by atoms with Gasteiger partial charge in [0.15, 0.2) is 0 Å². The number of carbonyl (C=O) groups is 2. The van der Waals surface area contributed by atoms with Gasteiger partial charge in [0, 0.05) is 18.3 Å². The molecule has 1 aromatic carbocycles. The van der Waals surface area contributed by atoms with E-state index in [1.165, 1.54) is 4.90 Å². The zero-order valence-corrected chi connectivity index (χ0v) is 13.1. The molecule has 0 heterocycles. The SMILES string of the molecule is CC(NC(=O)N(CCC(=O)O)c1ccccc1)C(C)(C)C. The van der Waals surface area contributed by atoms with E-state index in [-0.39, 0.29) is 30.5 Å². The molecule has 5 nitrogen and oxygen atoms in total. The standard InChI is InChI=1S/C16H24N2O3/c1-12(16(2,3)4)17-15(21)18(11-10-14(19)20)13-8-6-5-7-9-13/h5-9,12H,10-11H2,1-4H3,(H,17,21)(H,19,20). The molecule has 5 heteroatoms. The first kappa shape index (κ1) is 17.0. The molecule has 1 atom stereocenters. The van der Waals surface area contributed by atoms with E-state index in [9.17, 15) is 9.59 Å². The van der Waals surface area contributed by atoms with Crippen molar-refractivity contribution in [1.29, 1.82) is 0 Å². The number of carbonyl (C=O) groups excluding carboxylic acids is 1. The third-order valence-corrected chi connectivity index (χ3v) is 3.50. The Bertz CT molecular complexity index is 480. The van der Waals surface area contributed by atoms with Crippen LogP contribution in [0.1, 0.15) is 34.1 Å². The Morgan fingerprint density at radius 1 is 1.24 bits per heavy atom. The highest BCUT2D eigenvalue weighted by molar-refractivity contribution is 5.92. The molecule has 1 aromatic rings. The molecule has 0 fully saturated rings. The average Bonchev–Trinajstić information content (AvgIpc) is 2.38. The molecule has 21 heavy (non-hydrogen) atoms. The molecule has 0 bridgehead atoms. The molecule has 0 aliphatic rings. The molecule has 116 valence electrons. The zero-order valence-electron chi connectivity index (χ0n) is 13.1. The second kappa shape index (κ2) is 7.11. The largest absolute Gasteiger partial charge is 0.481 e. The van der Waals surface area contributed by atoms with Crippen LogP contribution in [0.5, 0.6) is 0 Å². The molecule has 0 spiro atoms. The summed E-state index contributed by atoms with van der Waals surface area (Å²) in [5.41, 5.74) is 0.627. The maximum absolute atomic E-state index is 12.4. The van der Waals surface area contributed by atoms with E-state index < -0.39 is 5.97 Å². The van der Waals surface area contributed by atoms with E-state index >= 15 is 0 Å². The molecule has 0 radical (unpaired) electrons. The number of amides is 2. The van der Waals surface area contributed by atoms with Gasteiger partial charge in [-0.1, -0.05) is 39.0 Å². The Hall–Kier alpha value is -2.04. The fraction of sp³-hybridized carbons (Fsp3) is 0.500. The third kappa shape index (κ3) is 5.45. The van der Waals surface area contributed by atoms with Crippen LogP contribution in [-0.4, -0.2) is 29.7 Å². The van der Waals surface area contributed by atoms with Crippen molar-refractivity contribution in [3.8, 4) is 0 Å². The van der Waals surface area contributed by atoms with Crippen molar-refractivity contribution >= 4 is 17.7 Å². The fourth-order valence-electron chi connectivity index (χ4n) is 1.64. The van der Waals surface area contributed by atoms with Crippen LogP contribution in [0.15, 0.2) is 30.3 Å². The number of nitrogens with one attached hydrogen (secondary N) is 1. The van der Waals surface area contributed by atoms with Gasteiger partial charge < -0.3 is 10.4 Å². The van der Waals surface area contributed by atoms with Crippen molar-refractivity contribution in [3.63, 3.8) is 0 Å². The fourth-order valence-corrected chi connectivity index (χ4v) is 1.64. The summed E-state index contributed by atoms with van der Waals surface area (Å²) in [4.78, 5) is 24.7. The molecule has 1 rings (SSSR count). The van der Waals surface area contributed by atoms with Crippen molar-refractivity contribution in [1.82, 2.24) is 5.32 Å². The summed E-state index contributed by atoms with van der Waals surface area (Å²) in [7, 11) is 0. The van der Waals surface area contributed by atoms with Crippen LogP contribution in [0.4, 0.5) is 10.5 Å². The molecule has 1 unspecified atom stereocenters. The number of rotatable bonds is 5. The summed E-state index contributed by atoms with van der Waals surface area (Å²) in [6.45, 7) is 8.21. The summed E-state index contributed by atoms with van der Waals surface area (Å²) in [5, 5.41) is 11.8. The van der Waals surface area contributed by atoms with Crippen molar-refractivity contribution in [2.45, 2.75) is 40.2 Å².